The molecule has 2 rings (SSSR count). The Morgan fingerprint density at radius 3 is 2.14 bits per heavy atom. The first kappa shape index (κ1) is 16.3. The zero-order valence-electron chi connectivity index (χ0n) is 10.8. The van der Waals surface area contributed by atoms with Gasteiger partial charge in [0.05, 0.1) is 26.2 Å². The van der Waals surface area contributed by atoms with Crippen molar-refractivity contribution < 1.29 is 18.0 Å². The van der Waals surface area contributed by atoms with Gasteiger partial charge in [0, 0.05) is 12.5 Å². The van der Waals surface area contributed by atoms with Gasteiger partial charge in [0.2, 0.25) is 0 Å². The number of hydrogen-bond acceptors (Lipinski definition) is 3. The molecule has 0 saturated heterocycles. The van der Waals surface area contributed by atoms with E-state index in [1.165, 1.54) is 6.92 Å². The maximum Gasteiger partial charge on any atom is 0.416 e. The van der Waals surface area contributed by atoms with Crippen molar-refractivity contribution in [2.75, 3.05) is 0 Å². The molecule has 0 radical (unpaired) electrons. The molecule has 1 aromatic heterocycles. The summed E-state index contributed by atoms with van der Waals surface area (Å²) < 4.78 is 38.0. The molecule has 2 aromatic rings. The van der Waals surface area contributed by atoms with Gasteiger partial charge in [-0.05, 0) is 19.1 Å². The average molecular weight is 354 g/mol. The molecule has 112 valence electrons. The maximum absolute atomic E-state index is 12.7. The number of carbonyl (C=O) groups excluding carboxylic acids is 1. The molecule has 2 nitrogen and oxygen atoms in total. The van der Waals surface area contributed by atoms with E-state index in [1.54, 1.807) is 6.92 Å². The Kier molecular flexibility index (Phi) is 4.33. The van der Waals surface area contributed by atoms with Crippen LogP contribution in [-0.4, -0.2) is 10.8 Å². The normalized spacial score (nSPS) is 11.8. The lowest BCUT2D eigenvalue weighted by atomic mass is 10.1. The van der Waals surface area contributed by atoms with Crippen molar-refractivity contribution in [1.29, 1.82) is 0 Å². The number of nitrogens with zero attached hydrogens (tertiary/aromatic N) is 1. The standard InChI is InChI=1S/C13H8Cl2F3NOS/c1-5-11(6(2)20)21-12(19-5)10-8(14)3-7(4-9(10)15)13(16,17)18/h3-4H,1-2H3. The molecule has 0 unspecified atom stereocenters. The highest BCUT2D eigenvalue weighted by Crippen LogP contribution is 2.42. The molecule has 0 amide bonds. The topological polar surface area (TPSA) is 30.0 Å². The highest BCUT2D eigenvalue weighted by Gasteiger charge is 2.32. The van der Waals surface area contributed by atoms with Gasteiger partial charge in [-0.15, -0.1) is 11.3 Å². The molecule has 1 aromatic carbocycles. The van der Waals surface area contributed by atoms with E-state index in [-0.39, 0.29) is 21.4 Å². The van der Waals surface area contributed by atoms with Crippen LogP contribution in [0.4, 0.5) is 13.2 Å². The number of hydrogen-bond donors (Lipinski definition) is 0. The van der Waals surface area contributed by atoms with E-state index in [9.17, 15) is 18.0 Å². The first-order chi connectivity index (χ1) is 9.61. The van der Waals surface area contributed by atoms with Gasteiger partial charge in [-0.2, -0.15) is 13.2 Å². The van der Waals surface area contributed by atoms with Crippen molar-refractivity contribution in [3.8, 4) is 10.6 Å². The Morgan fingerprint density at radius 2 is 1.76 bits per heavy atom. The molecule has 8 heteroatoms. The van der Waals surface area contributed by atoms with Gasteiger partial charge in [0.25, 0.3) is 0 Å². The van der Waals surface area contributed by atoms with Crippen LogP contribution in [0, 0.1) is 6.92 Å². The fraction of sp³-hybridized carbons (Fsp3) is 0.231. The lowest BCUT2D eigenvalue weighted by Gasteiger charge is -2.10. The van der Waals surface area contributed by atoms with Gasteiger partial charge >= 0.3 is 6.18 Å². The summed E-state index contributed by atoms with van der Waals surface area (Å²) in [6.07, 6.45) is -4.53. The second-order valence-corrected chi connectivity index (χ2v) is 6.12. The van der Waals surface area contributed by atoms with E-state index in [2.05, 4.69) is 4.98 Å². The predicted octanol–water partition coefficient (Wildman–Crippen LogP) is 5.65. The zero-order valence-corrected chi connectivity index (χ0v) is 13.1. The Hall–Kier alpha value is -1.11. The van der Waals surface area contributed by atoms with Crippen LogP contribution in [0.25, 0.3) is 10.6 Å². The van der Waals surface area contributed by atoms with Crippen LogP contribution in [0.2, 0.25) is 10.0 Å². The van der Waals surface area contributed by atoms with Crippen LogP contribution in [-0.2, 0) is 6.18 Å². The van der Waals surface area contributed by atoms with Crippen molar-refractivity contribution in [2.45, 2.75) is 20.0 Å². The summed E-state index contributed by atoms with van der Waals surface area (Å²) in [5, 5.41) is 0.0128. The van der Waals surface area contributed by atoms with E-state index in [4.69, 9.17) is 23.2 Å². The van der Waals surface area contributed by atoms with Crippen molar-refractivity contribution in [2.24, 2.45) is 0 Å². The monoisotopic (exact) mass is 353 g/mol. The molecular weight excluding hydrogens is 346 g/mol. The van der Waals surface area contributed by atoms with Crippen LogP contribution in [0.1, 0.15) is 27.9 Å². The van der Waals surface area contributed by atoms with Crippen molar-refractivity contribution in [1.82, 2.24) is 4.98 Å². The summed E-state index contributed by atoms with van der Waals surface area (Å²) in [4.78, 5) is 16.0. The number of halogens is 5. The molecule has 0 N–H and O–H groups in total. The molecule has 0 aliphatic rings. The third-order valence-corrected chi connectivity index (χ3v) is 4.57. The lowest BCUT2D eigenvalue weighted by Crippen LogP contribution is -2.05. The number of rotatable bonds is 2. The summed E-state index contributed by atoms with van der Waals surface area (Å²) in [7, 11) is 0. The Labute approximate surface area is 132 Å². The van der Waals surface area contributed by atoms with Crippen molar-refractivity contribution in [3.05, 3.63) is 38.3 Å². The molecule has 0 fully saturated rings. The summed E-state index contributed by atoms with van der Waals surface area (Å²) in [5.41, 5.74) is -0.234. The van der Waals surface area contributed by atoms with Crippen LogP contribution in [0.15, 0.2) is 12.1 Å². The number of aromatic nitrogens is 1. The first-order valence-electron chi connectivity index (χ1n) is 5.66. The minimum atomic E-state index is -4.53. The van der Waals surface area contributed by atoms with Gasteiger partial charge in [-0.25, -0.2) is 4.98 Å². The number of Topliss-reactive ketones (excluding diaryl/α,β-unsaturated/α-hetero) is 1. The minimum absolute atomic E-state index is 0.154. The molecule has 21 heavy (non-hydrogen) atoms. The van der Waals surface area contributed by atoms with E-state index in [1.807, 2.05) is 0 Å². The van der Waals surface area contributed by atoms with E-state index in [0.29, 0.717) is 15.6 Å². The van der Waals surface area contributed by atoms with Crippen molar-refractivity contribution in [3.63, 3.8) is 0 Å². The van der Waals surface area contributed by atoms with Gasteiger partial charge in [-0.3, -0.25) is 4.79 Å². The average Bonchev–Trinajstić information content (AvgIpc) is 2.69. The third-order valence-electron chi connectivity index (χ3n) is 2.70. The van der Waals surface area contributed by atoms with Gasteiger partial charge in [0.1, 0.15) is 5.01 Å². The highest BCUT2D eigenvalue weighted by molar-refractivity contribution is 7.17. The fourth-order valence-electron chi connectivity index (χ4n) is 1.77. The first-order valence-corrected chi connectivity index (χ1v) is 7.23. The maximum atomic E-state index is 12.7. The van der Waals surface area contributed by atoms with E-state index in [0.717, 1.165) is 23.5 Å². The fourth-order valence-corrected chi connectivity index (χ4v) is 3.58. The molecule has 0 bridgehead atoms. The minimum Gasteiger partial charge on any atom is -0.294 e. The Morgan fingerprint density at radius 1 is 1.24 bits per heavy atom. The number of aryl methyl sites for hydroxylation is 1. The van der Waals surface area contributed by atoms with E-state index < -0.39 is 11.7 Å². The predicted molar refractivity (Wildman–Crippen MR) is 77.3 cm³/mol. The molecule has 0 aliphatic carbocycles. The molecular formula is C13H8Cl2F3NOS. The second-order valence-electron chi connectivity index (χ2n) is 4.30. The molecule has 1 heterocycles. The molecule has 0 spiro atoms. The zero-order chi connectivity index (χ0) is 15.9. The number of benzene rings is 1. The molecule has 0 aliphatic heterocycles. The number of alkyl halides is 3. The number of carbonyl (C=O) groups is 1. The van der Waals surface area contributed by atoms with Gasteiger partial charge in [0.15, 0.2) is 5.78 Å². The smallest absolute Gasteiger partial charge is 0.294 e. The second kappa shape index (κ2) is 5.59. The lowest BCUT2D eigenvalue weighted by molar-refractivity contribution is -0.137. The van der Waals surface area contributed by atoms with Crippen molar-refractivity contribution >= 4 is 40.3 Å². The number of thiazole rings is 1. The van der Waals surface area contributed by atoms with Crippen LogP contribution in [0.5, 0.6) is 0 Å². The summed E-state index contributed by atoms with van der Waals surface area (Å²) in [6, 6.07) is 1.60. The van der Waals surface area contributed by atoms with Gasteiger partial charge in [-0.1, -0.05) is 23.2 Å². The summed E-state index contributed by atoms with van der Waals surface area (Å²) >= 11 is 12.9. The van der Waals surface area contributed by atoms with Crippen LogP contribution in [0.3, 0.4) is 0 Å². The quantitative estimate of drug-likeness (QED) is 0.653. The third kappa shape index (κ3) is 3.22. The van der Waals surface area contributed by atoms with Gasteiger partial charge < -0.3 is 0 Å². The SMILES string of the molecule is CC(=O)c1sc(-c2c(Cl)cc(C(F)(F)F)cc2Cl)nc1C. The van der Waals surface area contributed by atoms with E-state index >= 15 is 0 Å². The Bertz CT molecular complexity index is 702. The summed E-state index contributed by atoms with van der Waals surface area (Å²) in [5.74, 6) is -0.171. The van der Waals surface area contributed by atoms with Crippen LogP contribution >= 0.6 is 34.5 Å². The number of ketones is 1. The summed E-state index contributed by atoms with van der Waals surface area (Å²) in [6.45, 7) is 3.03. The molecule has 0 saturated carbocycles. The molecule has 0 atom stereocenters. The largest absolute Gasteiger partial charge is 0.416 e. The highest BCUT2D eigenvalue weighted by atomic mass is 35.5. The van der Waals surface area contributed by atoms with Crippen LogP contribution < -0.4 is 0 Å². The Balaban J connectivity index is 2.60.